The van der Waals surface area contributed by atoms with E-state index in [1.54, 1.807) is 29.0 Å². The van der Waals surface area contributed by atoms with Crippen LogP contribution in [0.2, 0.25) is 0 Å². The monoisotopic (exact) mass is 1010 g/mol. The fourth-order valence-corrected chi connectivity index (χ4v) is 8.19. The zero-order chi connectivity index (χ0) is 49.2. The fourth-order valence-electron chi connectivity index (χ4n) is 6.13. The van der Waals surface area contributed by atoms with Gasteiger partial charge in [0, 0.05) is 74.6 Å². The molecule has 1 aliphatic rings. The van der Waals surface area contributed by atoms with Crippen molar-refractivity contribution in [3.8, 4) is 44.5 Å². The average Bonchev–Trinajstić information content (AvgIpc) is 3.38. The third-order valence-corrected chi connectivity index (χ3v) is 10.9. The standard InChI is InChI=1S/C40H30N2S2.C6H8B.C5H8O2.C3H8.CH3F.2F2.Ni/c1-5-15-29(16-6-1)33-23-13-24-34(30-17-7-2-8-18-30)37(33)41-39-40(44-28-27-43-39)42-38-35(31-19-9-3-10-20-31)25-14-26-36(38)32-21-11-4-12-22-32;7-6-4-2-1-3-5-6;1-4(6)3-5(2)7;1-3-2;3*1-2;/h1-26H,27-28H2;1-5H,7H3;3,6H,1-2H3;3H2,1-2H3;1H3;;;/q;-1;;;;;;. The second-order valence-corrected chi connectivity index (χ2v) is 15.7. The van der Waals surface area contributed by atoms with E-state index >= 15 is 0 Å². The number of aliphatic hydroxyl groups excluding tert-OH is 1. The van der Waals surface area contributed by atoms with E-state index in [4.69, 9.17) is 33.4 Å². The Kier molecular flexibility index (Phi) is 31.9. The molecule has 1 N–H and O–H groups in total. The predicted molar refractivity (Wildman–Crippen MR) is 284 cm³/mol. The zero-order valence-corrected chi connectivity index (χ0v) is 40.5. The maximum absolute atomic E-state index is 10.0. The molecule has 0 amide bonds. The number of ketones is 1. The molecular weight excluding hydrogens is 949 g/mol. The van der Waals surface area contributed by atoms with Gasteiger partial charge in [0.15, 0.2) is 5.78 Å². The van der Waals surface area contributed by atoms with Gasteiger partial charge in [0.05, 0.1) is 24.3 Å². The Hall–Kier alpha value is -6.00. The third kappa shape index (κ3) is 20.5. The molecule has 0 saturated carbocycles. The van der Waals surface area contributed by atoms with Crippen LogP contribution >= 0.6 is 23.5 Å². The predicted octanol–water partition coefficient (Wildman–Crippen LogP) is 16.0. The van der Waals surface area contributed by atoms with Crippen LogP contribution in [0.4, 0.5) is 34.1 Å². The van der Waals surface area contributed by atoms with Crippen molar-refractivity contribution in [1.82, 2.24) is 0 Å². The molecule has 0 radical (unpaired) electrons. The fraction of sp³-hybridized carbons (Fsp3) is 0.145. The number of allylic oxidation sites excluding steroid dienone is 2. The summed E-state index contributed by atoms with van der Waals surface area (Å²) in [7, 11) is 0.946. The summed E-state index contributed by atoms with van der Waals surface area (Å²) in [6.07, 6.45) is 2.42. The van der Waals surface area contributed by atoms with E-state index in [1.807, 2.05) is 0 Å². The Labute approximate surface area is 418 Å². The number of hydrogen-bond acceptors (Lipinski definition) is 6. The molecule has 1 heterocycles. The minimum atomic E-state index is -0.125. The number of carbonyl (C=O) groups excluding carboxylic acids is 1. The van der Waals surface area contributed by atoms with Gasteiger partial charge in [-0.25, -0.2) is 15.4 Å². The SMILES string of the molecule is CC(=O)C=C(C)O.CCC.CF.FF.FF.[BH3-]c1ccccc1.[Ni].c1ccc(-c2cccc(-c3ccccc3)c2N=C2SCCSC2=Nc2c(-c3ccccc3)cccc2-c2ccccc2)cc1. The van der Waals surface area contributed by atoms with Crippen LogP contribution in [-0.4, -0.2) is 47.5 Å². The van der Waals surface area contributed by atoms with Gasteiger partial charge in [-0.15, -0.1) is 23.5 Å². The molecule has 4 nitrogen and oxygen atoms in total. The van der Waals surface area contributed by atoms with Gasteiger partial charge in [0.25, 0.3) is 0 Å². The summed E-state index contributed by atoms with van der Waals surface area (Å²) < 4.78 is 41.5. The quantitative estimate of drug-likeness (QED) is 0.0748. The van der Waals surface area contributed by atoms with Crippen LogP contribution in [0.15, 0.2) is 210 Å². The number of hydrogen-bond donors (Lipinski definition) is 1. The minimum Gasteiger partial charge on any atom is -0.512 e. The van der Waals surface area contributed by atoms with Crippen molar-refractivity contribution in [2.24, 2.45) is 9.98 Å². The summed E-state index contributed by atoms with van der Waals surface area (Å²) in [6, 6.07) is 65.9. The number of nitrogens with zero attached hydrogens (tertiary/aromatic N) is 2. The summed E-state index contributed by atoms with van der Waals surface area (Å²) in [5, 5.41) is 10.3. The van der Waals surface area contributed by atoms with Crippen molar-refractivity contribution in [3.63, 3.8) is 0 Å². The van der Waals surface area contributed by atoms with E-state index < -0.39 is 0 Å². The summed E-state index contributed by atoms with van der Waals surface area (Å²) >= 11 is 3.59. The van der Waals surface area contributed by atoms with Gasteiger partial charge in [-0.2, -0.15) is 0 Å². The van der Waals surface area contributed by atoms with Crippen LogP contribution in [0.25, 0.3) is 44.5 Å². The van der Waals surface area contributed by atoms with Gasteiger partial charge in [0.1, 0.15) is 10.1 Å². The van der Waals surface area contributed by atoms with Gasteiger partial charge >= 0.3 is 0 Å². The summed E-state index contributed by atoms with van der Waals surface area (Å²) in [5.74, 6) is 1.91. The molecule has 8 rings (SSSR count). The number of benzene rings is 7. The number of halogens is 5. The molecule has 360 valence electrons. The zero-order valence-electron chi connectivity index (χ0n) is 37.9. The van der Waals surface area contributed by atoms with E-state index in [-0.39, 0.29) is 28.0 Å². The van der Waals surface area contributed by atoms with Gasteiger partial charge < -0.3 is 5.11 Å². The number of alkyl halides is 1. The Bertz CT molecular complexity index is 2280. The maximum Gasteiger partial charge on any atom is 0.155 e. The van der Waals surface area contributed by atoms with Gasteiger partial charge in [-0.1, -0.05) is 208 Å². The number of rotatable bonds is 7. The van der Waals surface area contributed by atoms with Crippen LogP contribution in [0.3, 0.4) is 0 Å². The maximum atomic E-state index is 10.0. The molecule has 7 aromatic carbocycles. The van der Waals surface area contributed by atoms with Crippen LogP contribution in [-0.2, 0) is 21.3 Å². The molecule has 0 spiro atoms. The molecule has 1 aliphatic heterocycles. The van der Waals surface area contributed by atoms with Crippen molar-refractivity contribution in [1.29, 1.82) is 0 Å². The average molecular weight is 1010 g/mol. The number of aliphatic hydroxyl groups is 1. The van der Waals surface area contributed by atoms with E-state index in [9.17, 15) is 9.18 Å². The van der Waals surface area contributed by atoms with Crippen LogP contribution in [0.5, 0.6) is 0 Å². The van der Waals surface area contributed by atoms with Crippen LogP contribution in [0, 0.1) is 0 Å². The molecule has 68 heavy (non-hydrogen) atoms. The van der Waals surface area contributed by atoms with Crippen molar-refractivity contribution < 1.29 is 49.1 Å². The minimum absolute atomic E-state index is 0. The molecule has 7 aromatic rings. The number of thioether (sulfide) groups is 2. The first-order valence-electron chi connectivity index (χ1n) is 20.8. The Balaban J connectivity index is 0.000000807. The van der Waals surface area contributed by atoms with Crippen molar-refractivity contribution >= 4 is 64.1 Å². The van der Waals surface area contributed by atoms with E-state index in [1.165, 1.54) is 26.3 Å². The molecule has 0 aliphatic carbocycles. The normalized spacial score (nSPS) is 12.3. The largest absolute Gasteiger partial charge is 0.512 e. The molecule has 1 fully saturated rings. The topological polar surface area (TPSA) is 62.0 Å². The van der Waals surface area contributed by atoms with Gasteiger partial charge in [-0.05, 0) is 43.9 Å². The van der Waals surface area contributed by atoms with Crippen LogP contribution in [0.1, 0.15) is 34.1 Å². The summed E-state index contributed by atoms with van der Waals surface area (Å²) in [4.78, 5) is 21.0. The van der Waals surface area contributed by atoms with E-state index in [0.717, 1.165) is 77.5 Å². The van der Waals surface area contributed by atoms with Crippen molar-refractivity contribution in [2.45, 2.75) is 34.1 Å². The third-order valence-electron chi connectivity index (χ3n) is 8.60. The van der Waals surface area contributed by atoms with Gasteiger partial charge in [0.2, 0.25) is 0 Å². The molecule has 0 atom stereocenters. The molecule has 0 bridgehead atoms. The Morgan fingerprint density at radius 3 is 0.956 bits per heavy atom. The second-order valence-electron chi connectivity index (χ2n) is 13.6. The molecule has 13 heteroatoms. The first-order chi connectivity index (χ1) is 32.8. The summed E-state index contributed by atoms with van der Waals surface area (Å²) in [6.45, 7) is 7.10. The van der Waals surface area contributed by atoms with E-state index in [0.29, 0.717) is 15.0 Å². The van der Waals surface area contributed by atoms with Gasteiger partial charge in [-0.3, -0.25) is 9.18 Å². The van der Waals surface area contributed by atoms with E-state index in [2.05, 4.69) is 202 Å². The van der Waals surface area contributed by atoms with Crippen LogP contribution < -0.4 is 5.46 Å². The Morgan fingerprint density at radius 1 is 0.515 bits per heavy atom. The smallest absolute Gasteiger partial charge is 0.155 e. The Morgan fingerprint density at radius 2 is 0.765 bits per heavy atom. The number of carbonyl (C=O) groups is 1. The number of para-hydroxylation sites is 2. The molecule has 0 aromatic heterocycles. The first-order valence-corrected chi connectivity index (χ1v) is 22.7. The van der Waals surface area contributed by atoms with Crippen molar-refractivity contribution in [2.75, 3.05) is 18.7 Å². The molecule has 1 saturated heterocycles. The van der Waals surface area contributed by atoms with Crippen molar-refractivity contribution in [3.05, 3.63) is 200 Å². The molecular formula is C55H57BF5N2NiO2S2-. The summed E-state index contributed by atoms with van der Waals surface area (Å²) in [5.41, 5.74) is 12.6. The molecule has 0 unspecified atom stereocenters. The first kappa shape index (κ1) is 60.0. The second kappa shape index (κ2) is 36.1. The number of aliphatic imine (C=N–C) groups is 2.